The molecule has 0 spiro atoms. The summed E-state index contributed by atoms with van der Waals surface area (Å²) in [6.07, 6.45) is -4.14. The Balaban J connectivity index is 1.89. The Hall–Kier alpha value is -2.02. The van der Waals surface area contributed by atoms with Crippen molar-refractivity contribution < 1.29 is 18.0 Å². The van der Waals surface area contributed by atoms with E-state index in [4.69, 9.17) is 11.6 Å². The molecule has 8 heteroatoms. The van der Waals surface area contributed by atoms with Crippen LogP contribution in [-0.4, -0.2) is 22.2 Å². The third kappa shape index (κ3) is 4.29. The van der Waals surface area contributed by atoms with Crippen LogP contribution < -0.4 is 5.32 Å². The van der Waals surface area contributed by atoms with Crippen molar-refractivity contribution in [3.8, 4) is 0 Å². The molecule has 2 rings (SSSR count). The number of carbonyl (C=O) groups excluding carboxylic acids is 1. The number of rotatable bonds is 5. The summed E-state index contributed by atoms with van der Waals surface area (Å²) in [6, 6.07) is 7.11. The van der Waals surface area contributed by atoms with Crippen LogP contribution in [0.15, 0.2) is 24.3 Å². The van der Waals surface area contributed by atoms with E-state index in [1.165, 1.54) is 11.6 Å². The first kappa shape index (κ1) is 18.3. The van der Waals surface area contributed by atoms with Crippen LogP contribution in [0.3, 0.4) is 0 Å². The molecule has 0 aliphatic rings. The molecule has 1 N–H and O–H groups in total. The van der Waals surface area contributed by atoms with E-state index >= 15 is 0 Å². The fourth-order valence-corrected chi connectivity index (χ4v) is 2.40. The van der Waals surface area contributed by atoms with Gasteiger partial charge in [0.2, 0.25) is 0 Å². The second-order valence-corrected chi connectivity index (χ2v) is 5.82. The van der Waals surface area contributed by atoms with Gasteiger partial charge in [-0.3, -0.25) is 9.48 Å². The number of carbonyl (C=O) groups is 1. The summed E-state index contributed by atoms with van der Waals surface area (Å²) in [7, 11) is 0. The van der Waals surface area contributed by atoms with Crippen LogP contribution >= 0.6 is 11.6 Å². The van der Waals surface area contributed by atoms with Gasteiger partial charge >= 0.3 is 6.18 Å². The standard InChI is InChI=1S/C16H17ClF3N3O/c1-10-4-6-12(7-5-10)15(24)21-8-3-9-23-11(2)13(17)14(22-23)16(18,19)20/h4-7H,3,8-9H2,1-2H3,(H,21,24). The van der Waals surface area contributed by atoms with Crippen molar-refractivity contribution in [1.29, 1.82) is 0 Å². The number of amides is 1. The van der Waals surface area contributed by atoms with Crippen molar-refractivity contribution in [2.75, 3.05) is 6.54 Å². The van der Waals surface area contributed by atoms with Crippen LogP contribution in [0.4, 0.5) is 13.2 Å². The van der Waals surface area contributed by atoms with Crippen molar-refractivity contribution in [3.05, 3.63) is 51.8 Å². The van der Waals surface area contributed by atoms with E-state index in [-0.39, 0.29) is 23.2 Å². The van der Waals surface area contributed by atoms with Crippen molar-refractivity contribution in [2.24, 2.45) is 0 Å². The summed E-state index contributed by atoms with van der Waals surface area (Å²) in [5.41, 5.74) is 0.774. The first-order valence-electron chi connectivity index (χ1n) is 7.35. The van der Waals surface area contributed by atoms with E-state index in [0.717, 1.165) is 5.56 Å². The molecule has 1 aromatic heterocycles. The lowest BCUT2D eigenvalue weighted by Gasteiger charge is -2.07. The fraction of sp³-hybridized carbons (Fsp3) is 0.375. The highest BCUT2D eigenvalue weighted by Gasteiger charge is 2.38. The van der Waals surface area contributed by atoms with Gasteiger partial charge in [0.05, 0.1) is 10.7 Å². The summed E-state index contributed by atoms with van der Waals surface area (Å²) in [4.78, 5) is 11.9. The van der Waals surface area contributed by atoms with Crippen LogP contribution in [0.25, 0.3) is 0 Å². The molecule has 0 fully saturated rings. The van der Waals surface area contributed by atoms with Crippen molar-refractivity contribution in [3.63, 3.8) is 0 Å². The highest BCUT2D eigenvalue weighted by molar-refractivity contribution is 6.31. The molecule has 4 nitrogen and oxygen atoms in total. The third-order valence-electron chi connectivity index (χ3n) is 3.55. The summed E-state index contributed by atoms with van der Waals surface area (Å²) in [5, 5.41) is 5.85. The fourth-order valence-electron chi connectivity index (χ4n) is 2.16. The maximum Gasteiger partial charge on any atom is 0.436 e. The number of alkyl halides is 3. The van der Waals surface area contributed by atoms with Crippen LogP contribution in [0.1, 0.15) is 33.7 Å². The highest BCUT2D eigenvalue weighted by atomic mass is 35.5. The van der Waals surface area contributed by atoms with Gasteiger partial charge in [-0.25, -0.2) is 0 Å². The minimum atomic E-state index is -4.58. The Kier molecular flexibility index (Phi) is 5.54. The molecular weight excluding hydrogens is 343 g/mol. The van der Waals surface area contributed by atoms with Gasteiger partial charge in [0.15, 0.2) is 5.69 Å². The summed E-state index contributed by atoms with van der Waals surface area (Å²) in [6.45, 7) is 3.96. The molecule has 0 unspecified atom stereocenters. The van der Waals surface area contributed by atoms with Gasteiger partial charge in [-0.15, -0.1) is 0 Å². The van der Waals surface area contributed by atoms with Gasteiger partial charge in [-0.05, 0) is 32.4 Å². The molecule has 0 atom stereocenters. The minimum absolute atomic E-state index is 0.221. The second kappa shape index (κ2) is 7.25. The number of aromatic nitrogens is 2. The number of nitrogens with one attached hydrogen (secondary N) is 1. The zero-order valence-electron chi connectivity index (χ0n) is 13.2. The second-order valence-electron chi connectivity index (χ2n) is 5.44. The number of halogens is 4. The summed E-state index contributed by atoms with van der Waals surface area (Å²) < 4.78 is 39.4. The SMILES string of the molecule is Cc1ccc(C(=O)NCCCn2nc(C(F)(F)F)c(Cl)c2C)cc1. The van der Waals surface area contributed by atoms with E-state index < -0.39 is 11.9 Å². The summed E-state index contributed by atoms with van der Waals surface area (Å²) >= 11 is 5.68. The number of benzene rings is 1. The molecule has 0 saturated heterocycles. The Morgan fingerprint density at radius 1 is 1.25 bits per heavy atom. The number of aryl methyl sites for hydroxylation is 2. The van der Waals surface area contributed by atoms with Crippen LogP contribution in [0.5, 0.6) is 0 Å². The first-order valence-corrected chi connectivity index (χ1v) is 7.73. The van der Waals surface area contributed by atoms with Crippen molar-refractivity contribution in [1.82, 2.24) is 15.1 Å². The molecule has 1 aromatic carbocycles. The van der Waals surface area contributed by atoms with Gasteiger partial charge in [0, 0.05) is 18.7 Å². The highest BCUT2D eigenvalue weighted by Crippen LogP contribution is 2.35. The maximum atomic E-state index is 12.7. The molecule has 0 aliphatic carbocycles. The molecule has 0 saturated carbocycles. The van der Waals surface area contributed by atoms with E-state index in [2.05, 4.69) is 10.4 Å². The first-order chi connectivity index (χ1) is 11.2. The van der Waals surface area contributed by atoms with E-state index in [1.54, 1.807) is 12.1 Å². The predicted molar refractivity (Wildman–Crippen MR) is 85.1 cm³/mol. The Morgan fingerprint density at radius 3 is 2.42 bits per heavy atom. The Morgan fingerprint density at radius 2 is 1.88 bits per heavy atom. The minimum Gasteiger partial charge on any atom is -0.352 e. The van der Waals surface area contributed by atoms with Crippen molar-refractivity contribution >= 4 is 17.5 Å². The lowest BCUT2D eigenvalue weighted by molar-refractivity contribution is -0.141. The van der Waals surface area contributed by atoms with Crippen molar-refractivity contribution in [2.45, 2.75) is 33.0 Å². The molecule has 1 amide bonds. The van der Waals surface area contributed by atoms with Crippen LogP contribution in [0.2, 0.25) is 5.02 Å². The van der Waals surface area contributed by atoms with E-state index in [0.29, 0.717) is 18.5 Å². The summed E-state index contributed by atoms with van der Waals surface area (Å²) in [5.74, 6) is -0.221. The average Bonchev–Trinajstić information content (AvgIpc) is 2.80. The lowest BCUT2D eigenvalue weighted by Crippen LogP contribution is -2.25. The predicted octanol–water partition coefficient (Wildman–Crippen LogP) is 3.99. The Bertz CT molecular complexity index is 723. The molecule has 1 heterocycles. The molecule has 24 heavy (non-hydrogen) atoms. The van der Waals surface area contributed by atoms with Gasteiger partial charge in [-0.2, -0.15) is 18.3 Å². The lowest BCUT2D eigenvalue weighted by atomic mass is 10.1. The monoisotopic (exact) mass is 359 g/mol. The molecular formula is C16H17ClF3N3O. The molecule has 2 aromatic rings. The average molecular weight is 360 g/mol. The van der Waals surface area contributed by atoms with Gasteiger partial charge < -0.3 is 5.32 Å². The van der Waals surface area contributed by atoms with Crippen LogP contribution in [-0.2, 0) is 12.7 Å². The number of hydrogen-bond acceptors (Lipinski definition) is 2. The molecule has 0 radical (unpaired) electrons. The molecule has 0 bridgehead atoms. The Labute approximate surface area is 142 Å². The number of hydrogen-bond donors (Lipinski definition) is 1. The molecule has 0 aliphatic heterocycles. The maximum absolute atomic E-state index is 12.7. The molecule has 130 valence electrons. The van der Waals surface area contributed by atoms with Gasteiger partial charge in [0.1, 0.15) is 0 Å². The zero-order chi connectivity index (χ0) is 17.9. The number of nitrogens with zero attached hydrogens (tertiary/aromatic N) is 2. The van der Waals surface area contributed by atoms with Crippen LogP contribution in [0, 0.1) is 13.8 Å². The largest absolute Gasteiger partial charge is 0.436 e. The van der Waals surface area contributed by atoms with E-state index in [9.17, 15) is 18.0 Å². The zero-order valence-corrected chi connectivity index (χ0v) is 14.0. The van der Waals surface area contributed by atoms with Gasteiger partial charge in [-0.1, -0.05) is 29.3 Å². The van der Waals surface area contributed by atoms with E-state index in [1.807, 2.05) is 19.1 Å². The third-order valence-corrected chi connectivity index (χ3v) is 4.00. The topological polar surface area (TPSA) is 46.9 Å². The smallest absolute Gasteiger partial charge is 0.352 e. The quantitative estimate of drug-likeness (QED) is 0.820. The van der Waals surface area contributed by atoms with Gasteiger partial charge in [0.25, 0.3) is 5.91 Å². The normalized spacial score (nSPS) is 11.6.